The number of anilines is 1. The summed E-state index contributed by atoms with van der Waals surface area (Å²) < 4.78 is 13.7. The van der Waals surface area contributed by atoms with Crippen LogP contribution in [0.3, 0.4) is 0 Å². The number of hydrogen-bond acceptors (Lipinski definition) is 6. The molecule has 104 valence electrons. The van der Waals surface area contributed by atoms with Crippen molar-refractivity contribution in [3.05, 3.63) is 53.7 Å². The van der Waals surface area contributed by atoms with Gasteiger partial charge < -0.3 is 10.4 Å². The predicted octanol–water partition coefficient (Wildman–Crippen LogP) is 0.838. The van der Waals surface area contributed by atoms with Gasteiger partial charge in [0.1, 0.15) is 0 Å². The summed E-state index contributed by atoms with van der Waals surface area (Å²) >= 11 is 0. The van der Waals surface area contributed by atoms with E-state index < -0.39 is 18.0 Å². The first-order valence-electron chi connectivity index (χ1n) is 5.57. The lowest BCUT2D eigenvalue weighted by molar-refractivity contribution is 0.0705. The molecule has 2 rings (SSSR count). The molecule has 0 aromatic carbocycles. The van der Waals surface area contributed by atoms with Gasteiger partial charge in [-0.15, -0.1) is 0 Å². The van der Waals surface area contributed by atoms with Crippen LogP contribution in [0.15, 0.2) is 36.7 Å². The monoisotopic (exact) mass is 278 g/mol. The second-order valence-electron chi connectivity index (χ2n) is 3.80. The highest BCUT2D eigenvalue weighted by Gasteiger charge is 2.14. The number of nitrogens with one attached hydrogen (secondary N) is 2. The quantitative estimate of drug-likeness (QED) is 0.375. The van der Waals surface area contributed by atoms with E-state index in [-0.39, 0.29) is 11.4 Å². The van der Waals surface area contributed by atoms with Crippen LogP contribution in [0.5, 0.6) is 0 Å². The maximum absolute atomic E-state index is 13.7. The number of aliphatic hydroxyl groups is 1. The van der Waals surface area contributed by atoms with E-state index in [1.165, 1.54) is 11.7 Å². The molecule has 2 heterocycles. The van der Waals surface area contributed by atoms with Crippen LogP contribution in [0.2, 0.25) is 0 Å². The third-order valence-corrected chi connectivity index (χ3v) is 2.45. The minimum absolute atomic E-state index is 0.150. The van der Waals surface area contributed by atoms with Gasteiger partial charge in [-0.05, 0) is 18.2 Å². The first-order chi connectivity index (χ1) is 9.61. The first-order valence-corrected chi connectivity index (χ1v) is 5.57. The average molecular weight is 278 g/mol. The number of hydrogen-bond donors (Lipinski definition) is 4. The summed E-state index contributed by atoms with van der Waals surface area (Å²) in [6, 6.07) is 5.79. The van der Waals surface area contributed by atoms with Crippen molar-refractivity contribution in [2.75, 3.05) is 5.32 Å². The number of amides is 1. The normalized spacial score (nSPS) is 11.8. The van der Waals surface area contributed by atoms with E-state index in [0.29, 0.717) is 5.69 Å². The molecule has 7 nitrogen and oxygen atoms in total. The van der Waals surface area contributed by atoms with Crippen LogP contribution in [0, 0.1) is 5.82 Å². The zero-order valence-corrected chi connectivity index (χ0v) is 10.1. The standard InChI is InChI=1S/C12H11FN4O3/c13-8-5-7(11(18)17-20)6-15-10(8)16-12(19)9-3-1-2-4-14-9/h1-6,12,19-20H,(H,15,16)(H,17,18)/t12-/m0/s1. The van der Waals surface area contributed by atoms with Crippen LogP contribution in [-0.2, 0) is 0 Å². The fourth-order valence-corrected chi connectivity index (χ4v) is 1.47. The molecule has 2 aromatic rings. The van der Waals surface area contributed by atoms with E-state index in [1.54, 1.807) is 18.2 Å². The molecular formula is C12H11FN4O3. The predicted molar refractivity (Wildman–Crippen MR) is 66.3 cm³/mol. The van der Waals surface area contributed by atoms with Gasteiger partial charge in [0.2, 0.25) is 0 Å². The van der Waals surface area contributed by atoms with Crippen molar-refractivity contribution in [2.45, 2.75) is 6.23 Å². The van der Waals surface area contributed by atoms with Gasteiger partial charge in [0.25, 0.3) is 5.91 Å². The van der Waals surface area contributed by atoms with Crippen LogP contribution in [0.1, 0.15) is 22.3 Å². The van der Waals surface area contributed by atoms with Crippen molar-refractivity contribution >= 4 is 11.7 Å². The molecule has 0 saturated heterocycles. The molecule has 0 bridgehead atoms. The summed E-state index contributed by atoms with van der Waals surface area (Å²) in [5.74, 6) is -1.97. The van der Waals surface area contributed by atoms with Gasteiger partial charge in [-0.3, -0.25) is 15.0 Å². The number of pyridine rings is 2. The lowest BCUT2D eigenvalue weighted by atomic mass is 10.2. The van der Waals surface area contributed by atoms with Gasteiger partial charge in [0.15, 0.2) is 17.9 Å². The van der Waals surface area contributed by atoms with Crippen LogP contribution < -0.4 is 10.8 Å². The number of aliphatic hydroxyl groups excluding tert-OH is 1. The molecule has 0 radical (unpaired) electrons. The Balaban J connectivity index is 2.16. The Morgan fingerprint density at radius 2 is 2.15 bits per heavy atom. The second kappa shape index (κ2) is 6.04. The zero-order chi connectivity index (χ0) is 14.5. The first kappa shape index (κ1) is 13.8. The Morgan fingerprint density at radius 1 is 1.35 bits per heavy atom. The Morgan fingerprint density at radius 3 is 2.75 bits per heavy atom. The number of aromatic nitrogens is 2. The number of nitrogens with zero attached hydrogens (tertiary/aromatic N) is 2. The van der Waals surface area contributed by atoms with Crippen LogP contribution >= 0.6 is 0 Å². The number of hydroxylamine groups is 1. The molecular weight excluding hydrogens is 267 g/mol. The fraction of sp³-hybridized carbons (Fsp3) is 0.0833. The number of halogens is 1. The lowest BCUT2D eigenvalue weighted by Crippen LogP contribution is -2.20. The molecule has 0 unspecified atom stereocenters. The molecule has 0 aliphatic rings. The third kappa shape index (κ3) is 3.05. The van der Waals surface area contributed by atoms with Crippen molar-refractivity contribution in [3.63, 3.8) is 0 Å². The highest BCUT2D eigenvalue weighted by atomic mass is 19.1. The minimum Gasteiger partial charge on any atom is -0.368 e. The summed E-state index contributed by atoms with van der Waals surface area (Å²) in [6.45, 7) is 0. The van der Waals surface area contributed by atoms with E-state index in [0.717, 1.165) is 12.3 Å². The Kier molecular flexibility index (Phi) is 4.18. The van der Waals surface area contributed by atoms with E-state index in [2.05, 4.69) is 15.3 Å². The maximum Gasteiger partial charge on any atom is 0.276 e. The molecule has 20 heavy (non-hydrogen) atoms. The Hall–Kier alpha value is -2.58. The summed E-state index contributed by atoms with van der Waals surface area (Å²) in [5, 5.41) is 20.7. The number of carbonyl (C=O) groups excluding carboxylic acids is 1. The van der Waals surface area contributed by atoms with Gasteiger partial charge in [0.05, 0.1) is 11.3 Å². The fourth-order valence-electron chi connectivity index (χ4n) is 1.47. The SMILES string of the molecule is O=C(NO)c1cnc(N[C@@H](O)c2ccccn2)c(F)c1. The molecule has 4 N–H and O–H groups in total. The molecule has 2 aromatic heterocycles. The lowest BCUT2D eigenvalue weighted by Gasteiger charge is -2.13. The van der Waals surface area contributed by atoms with Crippen LogP contribution in [0.25, 0.3) is 0 Å². The molecule has 0 spiro atoms. The molecule has 8 heteroatoms. The van der Waals surface area contributed by atoms with Gasteiger partial charge in [-0.25, -0.2) is 14.9 Å². The topological polar surface area (TPSA) is 107 Å². The minimum atomic E-state index is -1.24. The van der Waals surface area contributed by atoms with Crippen molar-refractivity contribution in [1.82, 2.24) is 15.4 Å². The number of carbonyl (C=O) groups is 1. The van der Waals surface area contributed by atoms with Crippen molar-refractivity contribution in [3.8, 4) is 0 Å². The Bertz CT molecular complexity index is 609. The molecule has 1 amide bonds. The summed E-state index contributed by atoms with van der Waals surface area (Å²) in [6.07, 6.45) is 1.30. The largest absolute Gasteiger partial charge is 0.368 e. The van der Waals surface area contributed by atoms with Gasteiger partial charge in [0, 0.05) is 12.4 Å². The van der Waals surface area contributed by atoms with Crippen molar-refractivity contribution in [1.29, 1.82) is 0 Å². The highest BCUT2D eigenvalue weighted by Crippen LogP contribution is 2.17. The average Bonchev–Trinajstić information content (AvgIpc) is 2.49. The van der Waals surface area contributed by atoms with Crippen molar-refractivity contribution < 1.29 is 19.5 Å². The molecule has 1 atom stereocenters. The van der Waals surface area contributed by atoms with Crippen LogP contribution in [-0.4, -0.2) is 26.2 Å². The van der Waals surface area contributed by atoms with E-state index in [4.69, 9.17) is 5.21 Å². The summed E-state index contributed by atoms with van der Waals surface area (Å²) in [7, 11) is 0. The van der Waals surface area contributed by atoms with Gasteiger partial charge in [-0.2, -0.15) is 0 Å². The van der Waals surface area contributed by atoms with E-state index >= 15 is 0 Å². The Labute approximate surface area is 113 Å². The highest BCUT2D eigenvalue weighted by molar-refractivity contribution is 5.93. The van der Waals surface area contributed by atoms with Gasteiger partial charge >= 0.3 is 0 Å². The van der Waals surface area contributed by atoms with Crippen LogP contribution in [0.4, 0.5) is 10.2 Å². The van der Waals surface area contributed by atoms with Crippen molar-refractivity contribution in [2.24, 2.45) is 0 Å². The molecule has 0 fully saturated rings. The molecule has 0 aliphatic carbocycles. The third-order valence-electron chi connectivity index (χ3n) is 2.45. The van der Waals surface area contributed by atoms with E-state index in [9.17, 15) is 14.3 Å². The molecule has 0 aliphatic heterocycles. The second-order valence-corrected chi connectivity index (χ2v) is 3.80. The summed E-state index contributed by atoms with van der Waals surface area (Å²) in [5.41, 5.74) is 1.52. The smallest absolute Gasteiger partial charge is 0.276 e. The van der Waals surface area contributed by atoms with Gasteiger partial charge in [-0.1, -0.05) is 6.07 Å². The van der Waals surface area contributed by atoms with E-state index in [1.807, 2.05) is 0 Å². The maximum atomic E-state index is 13.7. The zero-order valence-electron chi connectivity index (χ0n) is 10.1. The summed E-state index contributed by atoms with van der Waals surface area (Å²) in [4.78, 5) is 18.6. The number of rotatable bonds is 4. The molecule has 0 saturated carbocycles.